The normalized spacial score (nSPS) is 10.8. The monoisotopic (exact) mass is 348 g/mol. The van der Waals surface area contributed by atoms with Crippen molar-refractivity contribution in [2.45, 2.75) is 12.8 Å². The molecule has 9 nitrogen and oxygen atoms in total. The Bertz CT molecular complexity index is 914. The van der Waals surface area contributed by atoms with Gasteiger partial charge in [-0.15, -0.1) is 0 Å². The van der Waals surface area contributed by atoms with Gasteiger partial charge in [-0.25, -0.2) is 4.79 Å². The molecule has 124 valence electrons. The first kappa shape index (κ1) is 17.2. The van der Waals surface area contributed by atoms with Gasteiger partial charge in [-0.1, -0.05) is 12.1 Å². The second-order valence-corrected chi connectivity index (χ2v) is 5.04. The molecule has 1 aromatic carbocycles. The number of hydrogen-bond donors (Lipinski definition) is 3. The third kappa shape index (κ3) is 4.20. The van der Waals surface area contributed by atoms with E-state index in [0.717, 1.165) is 4.68 Å². The molecule has 0 amide bonds. The number of rotatable bonds is 6. The molecule has 0 aliphatic heterocycles. The number of aliphatic carboxylic acids is 1. The van der Waals surface area contributed by atoms with E-state index < -0.39 is 17.5 Å². The molecular weight excluding hydrogens is 336 g/mol. The zero-order valence-corrected chi connectivity index (χ0v) is 13.0. The predicted octanol–water partition coefficient (Wildman–Crippen LogP) is 0.898. The quantitative estimate of drug-likeness (QED) is 0.521. The second kappa shape index (κ2) is 7.42. The van der Waals surface area contributed by atoms with Crippen LogP contribution in [0.15, 0.2) is 34.2 Å². The van der Waals surface area contributed by atoms with Crippen molar-refractivity contribution in [3.8, 4) is 0 Å². The number of carbonyl (C=O) groups is 2. The van der Waals surface area contributed by atoms with E-state index in [2.05, 4.69) is 15.3 Å². The van der Waals surface area contributed by atoms with Crippen molar-refractivity contribution in [3.63, 3.8) is 0 Å². The van der Waals surface area contributed by atoms with Crippen LogP contribution in [0, 0.1) is 4.77 Å². The van der Waals surface area contributed by atoms with Crippen LogP contribution in [0.3, 0.4) is 0 Å². The van der Waals surface area contributed by atoms with Crippen molar-refractivity contribution >= 4 is 30.4 Å². The molecule has 0 fully saturated rings. The third-order valence-corrected chi connectivity index (χ3v) is 3.24. The SMILES string of the molecule is O=C(O)CCc1n[nH]c(=S)n(/N=C\c2ccc(C(=O)O)cc2)c1=O. The summed E-state index contributed by atoms with van der Waals surface area (Å²) in [6.07, 6.45) is 1.04. The zero-order valence-electron chi connectivity index (χ0n) is 12.2. The minimum atomic E-state index is -1.05. The summed E-state index contributed by atoms with van der Waals surface area (Å²) in [6.45, 7) is 0. The Morgan fingerprint density at radius 2 is 1.96 bits per heavy atom. The van der Waals surface area contributed by atoms with Crippen molar-refractivity contribution in [3.05, 3.63) is 56.2 Å². The number of hydrogen-bond acceptors (Lipinski definition) is 6. The van der Waals surface area contributed by atoms with Crippen molar-refractivity contribution in [1.29, 1.82) is 0 Å². The number of carboxylic acids is 2. The van der Waals surface area contributed by atoms with E-state index in [1.54, 1.807) is 0 Å². The number of aromatic nitrogens is 3. The number of H-pyrrole nitrogens is 1. The van der Waals surface area contributed by atoms with Crippen LogP contribution < -0.4 is 5.56 Å². The predicted molar refractivity (Wildman–Crippen MR) is 86.0 cm³/mol. The van der Waals surface area contributed by atoms with Gasteiger partial charge in [0.1, 0.15) is 5.69 Å². The number of aromatic amines is 1. The average molecular weight is 348 g/mol. The van der Waals surface area contributed by atoms with Gasteiger partial charge < -0.3 is 10.2 Å². The van der Waals surface area contributed by atoms with E-state index in [1.165, 1.54) is 30.5 Å². The topological polar surface area (TPSA) is 138 Å². The van der Waals surface area contributed by atoms with Crippen LogP contribution in [-0.2, 0) is 11.2 Å². The highest BCUT2D eigenvalue weighted by Crippen LogP contribution is 2.02. The second-order valence-electron chi connectivity index (χ2n) is 4.66. The first-order valence-corrected chi connectivity index (χ1v) is 7.09. The molecule has 0 spiro atoms. The zero-order chi connectivity index (χ0) is 17.7. The summed E-state index contributed by atoms with van der Waals surface area (Å²) in [5.41, 5.74) is 0.0782. The van der Waals surface area contributed by atoms with Crippen LogP contribution in [0.25, 0.3) is 0 Å². The summed E-state index contributed by atoms with van der Waals surface area (Å²) in [4.78, 5) is 33.6. The molecule has 0 radical (unpaired) electrons. The molecule has 0 saturated carbocycles. The molecular formula is C14H12N4O5S. The number of nitrogens with zero attached hydrogens (tertiary/aromatic N) is 3. The highest BCUT2D eigenvalue weighted by Gasteiger charge is 2.09. The first-order chi connectivity index (χ1) is 11.4. The molecule has 24 heavy (non-hydrogen) atoms. The molecule has 1 heterocycles. The van der Waals surface area contributed by atoms with Crippen LogP contribution in [0.4, 0.5) is 0 Å². The van der Waals surface area contributed by atoms with Crippen LogP contribution in [0.1, 0.15) is 28.0 Å². The summed E-state index contributed by atoms with van der Waals surface area (Å²) >= 11 is 4.94. The van der Waals surface area contributed by atoms with E-state index in [0.29, 0.717) is 5.56 Å². The van der Waals surface area contributed by atoms with Crippen LogP contribution in [0.2, 0.25) is 0 Å². The van der Waals surface area contributed by atoms with E-state index in [-0.39, 0.29) is 28.9 Å². The fourth-order valence-electron chi connectivity index (χ4n) is 1.75. The molecule has 0 saturated heterocycles. The van der Waals surface area contributed by atoms with E-state index >= 15 is 0 Å². The van der Waals surface area contributed by atoms with E-state index in [4.69, 9.17) is 22.4 Å². The lowest BCUT2D eigenvalue weighted by atomic mass is 10.1. The van der Waals surface area contributed by atoms with Gasteiger partial charge in [0.15, 0.2) is 0 Å². The van der Waals surface area contributed by atoms with Gasteiger partial charge >= 0.3 is 11.9 Å². The first-order valence-electron chi connectivity index (χ1n) is 6.68. The number of aromatic carboxylic acids is 1. The maximum atomic E-state index is 12.2. The van der Waals surface area contributed by atoms with Crippen molar-refractivity contribution in [1.82, 2.24) is 14.9 Å². The molecule has 2 rings (SSSR count). The lowest BCUT2D eigenvalue weighted by molar-refractivity contribution is -0.137. The summed E-state index contributed by atoms with van der Waals surface area (Å²) in [5, 5.41) is 27.6. The summed E-state index contributed by atoms with van der Waals surface area (Å²) in [7, 11) is 0. The maximum absolute atomic E-state index is 12.2. The van der Waals surface area contributed by atoms with E-state index in [1.807, 2.05) is 0 Å². The molecule has 2 aromatic rings. The van der Waals surface area contributed by atoms with Gasteiger partial charge in [-0.05, 0) is 29.9 Å². The molecule has 1 aromatic heterocycles. The van der Waals surface area contributed by atoms with Gasteiger partial charge in [0.25, 0.3) is 5.56 Å². The molecule has 0 aliphatic rings. The minimum absolute atomic E-state index is 0.00405. The smallest absolute Gasteiger partial charge is 0.335 e. The lowest BCUT2D eigenvalue weighted by Crippen LogP contribution is -2.25. The Kier molecular flexibility index (Phi) is 5.32. The van der Waals surface area contributed by atoms with Crippen LogP contribution in [-0.4, -0.2) is 43.2 Å². The Morgan fingerprint density at radius 1 is 1.29 bits per heavy atom. The molecule has 0 unspecified atom stereocenters. The summed E-state index contributed by atoms with van der Waals surface area (Å²) in [6, 6.07) is 5.85. The third-order valence-electron chi connectivity index (χ3n) is 2.97. The lowest BCUT2D eigenvalue weighted by Gasteiger charge is -2.02. The summed E-state index contributed by atoms with van der Waals surface area (Å²) < 4.78 is 0.849. The van der Waals surface area contributed by atoms with Gasteiger partial charge in [-0.2, -0.15) is 14.9 Å². The van der Waals surface area contributed by atoms with Gasteiger partial charge in [0, 0.05) is 6.42 Å². The summed E-state index contributed by atoms with van der Waals surface area (Å²) in [5.74, 6) is -2.10. The standard InChI is InChI=1S/C14H12N4O5S/c19-11(20)6-5-10-12(21)18(14(24)17-16-10)15-7-8-1-3-9(4-2-8)13(22)23/h1-4,7H,5-6H2,(H,17,24)(H,19,20)(H,22,23)/b15-7-. The molecule has 0 aliphatic carbocycles. The minimum Gasteiger partial charge on any atom is -0.481 e. The molecule has 0 bridgehead atoms. The molecule has 10 heteroatoms. The van der Waals surface area contributed by atoms with Crippen molar-refractivity contribution in [2.24, 2.45) is 5.10 Å². The fourth-order valence-corrected chi connectivity index (χ4v) is 1.93. The van der Waals surface area contributed by atoms with Gasteiger partial charge in [-0.3, -0.25) is 14.7 Å². The number of aryl methyl sites for hydroxylation is 1. The average Bonchev–Trinajstić information content (AvgIpc) is 2.54. The van der Waals surface area contributed by atoms with Crippen LogP contribution in [0.5, 0.6) is 0 Å². The number of nitrogens with one attached hydrogen (secondary N) is 1. The number of benzene rings is 1. The number of carboxylic acid groups (broad SMARTS) is 2. The highest BCUT2D eigenvalue weighted by molar-refractivity contribution is 7.71. The molecule has 3 N–H and O–H groups in total. The molecule has 0 atom stereocenters. The Morgan fingerprint density at radius 3 is 2.54 bits per heavy atom. The maximum Gasteiger partial charge on any atom is 0.335 e. The Labute approximate surface area is 139 Å². The highest BCUT2D eigenvalue weighted by atomic mass is 32.1. The Balaban J connectivity index is 2.29. The Hall–Kier alpha value is -3.14. The van der Waals surface area contributed by atoms with Crippen molar-refractivity contribution < 1.29 is 19.8 Å². The van der Waals surface area contributed by atoms with Gasteiger partial charge in [0.05, 0.1) is 18.2 Å². The largest absolute Gasteiger partial charge is 0.481 e. The van der Waals surface area contributed by atoms with E-state index in [9.17, 15) is 14.4 Å². The van der Waals surface area contributed by atoms with Gasteiger partial charge in [0.2, 0.25) is 4.77 Å². The fraction of sp³-hybridized carbons (Fsp3) is 0.143. The van der Waals surface area contributed by atoms with Crippen LogP contribution >= 0.6 is 12.2 Å². The van der Waals surface area contributed by atoms with Crippen molar-refractivity contribution in [2.75, 3.05) is 0 Å².